The lowest BCUT2D eigenvalue weighted by atomic mass is 9.67. The Morgan fingerprint density at radius 3 is 1.60 bits per heavy atom. The zero-order chi connectivity index (χ0) is 38.6. The van der Waals surface area contributed by atoms with Crippen molar-refractivity contribution in [2.24, 2.45) is 0 Å². The molecular weight excluding hydrogens is 723 g/mol. The van der Waals surface area contributed by atoms with Gasteiger partial charge in [0.15, 0.2) is 5.82 Å². The average molecular weight is 756 g/mol. The molecule has 1 aromatic heterocycles. The standard InChI is InChI=1S/C54H33N3S/c55-34-41-20-12-24-45-51(41)52-42(21-13-25-46(52)54(45)43-22-7-9-26-49(43)58-50-27-10-8-23-44(50)54)36-30-28-35(29-31-36)39-18-11-19-40(32-39)48-33-47(37-14-3-1-4-15-37)56-53(57-48)38-16-5-2-6-17-38/h1-33H. The van der Waals surface area contributed by atoms with Crippen LogP contribution in [0.15, 0.2) is 210 Å². The first-order valence-electron chi connectivity index (χ1n) is 19.5. The highest BCUT2D eigenvalue weighted by Crippen LogP contribution is 2.63. The number of fused-ring (bicyclic) bond motifs is 9. The van der Waals surface area contributed by atoms with Crippen molar-refractivity contribution in [3.63, 3.8) is 0 Å². The third kappa shape index (κ3) is 5.29. The third-order valence-electron chi connectivity index (χ3n) is 11.6. The molecule has 0 bridgehead atoms. The highest BCUT2D eigenvalue weighted by molar-refractivity contribution is 7.99. The molecule has 0 unspecified atom stereocenters. The Balaban J connectivity index is 1.03. The van der Waals surface area contributed by atoms with Crippen molar-refractivity contribution in [1.29, 1.82) is 5.26 Å². The summed E-state index contributed by atoms with van der Waals surface area (Å²) in [5.74, 6) is 0.698. The van der Waals surface area contributed by atoms with Crippen LogP contribution in [0.25, 0.3) is 67.3 Å². The lowest BCUT2D eigenvalue weighted by Crippen LogP contribution is -2.31. The smallest absolute Gasteiger partial charge is 0.160 e. The second-order valence-corrected chi connectivity index (χ2v) is 15.8. The number of rotatable bonds is 5. The zero-order valence-corrected chi connectivity index (χ0v) is 32.1. The van der Waals surface area contributed by atoms with E-state index in [0.717, 1.165) is 61.5 Å². The maximum atomic E-state index is 10.6. The fraction of sp³-hybridized carbons (Fsp3) is 0.0185. The first-order chi connectivity index (χ1) is 28.7. The molecule has 1 aliphatic carbocycles. The summed E-state index contributed by atoms with van der Waals surface area (Å²) < 4.78 is 0. The Morgan fingerprint density at radius 1 is 0.397 bits per heavy atom. The summed E-state index contributed by atoms with van der Waals surface area (Å²) in [7, 11) is 0. The normalized spacial score (nSPS) is 12.9. The predicted molar refractivity (Wildman–Crippen MR) is 235 cm³/mol. The number of nitrogens with zero attached hydrogens (tertiary/aromatic N) is 3. The molecule has 11 rings (SSSR count). The van der Waals surface area contributed by atoms with Crippen molar-refractivity contribution in [3.8, 4) is 73.4 Å². The Hall–Kier alpha value is -7.32. The van der Waals surface area contributed by atoms with Crippen molar-refractivity contribution in [2.75, 3.05) is 0 Å². The highest BCUT2D eigenvalue weighted by atomic mass is 32.2. The van der Waals surface area contributed by atoms with Gasteiger partial charge < -0.3 is 0 Å². The maximum absolute atomic E-state index is 10.6. The van der Waals surface area contributed by atoms with E-state index in [-0.39, 0.29) is 0 Å². The summed E-state index contributed by atoms with van der Waals surface area (Å²) in [5.41, 5.74) is 16.5. The molecule has 0 saturated heterocycles. The lowest BCUT2D eigenvalue weighted by molar-refractivity contribution is 0.722. The molecule has 2 aliphatic rings. The molecule has 0 N–H and O–H groups in total. The molecule has 270 valence electrons. The van der Waals surface area contributed by atoms with Crippen molar-refractivity contribution < 1.29 is 0 Å². The van der Waals surface area contributed by atoms with E-state index in [1.165, 1.54) is 32.0 Å². The predicted octanol–water partition coefficient (Wildman–Crippen LogP) is 13.5. The van der Waals surface area contributed by atoms with Gasteiger partial charge in [-0.05, 0) is 80.4 Å². The van der Waals surface area contributed by atoms with E-state index in [0.29, 0.717) is 11.4 Å². The molecule has 1 spiro atoms. The molecule has 8 aromatic carbocycles. The van der Waals surface area contributed by atoms with Gasteiger partial charge in [0.2, 0.25) is 0 Å². The molecule has 4 heteroatoms. The number of benzene rings is 8. The Bertz CT molecular complexity index is 2990. The van der Waals surface area contributed by atoms with Gasteiger partial charge in [0.25, 0.3) is 0 Å². The minimum atomic E-state index is -0.548. The van der Waals surface area contributed by atoms with Gasteiger partial charge in [-0.15, -0.1) is 0 Å². The zero-order valence-electron chi connectivity index (χ0n) is 31.3. The van der Waals surface area contributed by atoms with E-state index in [4.69, 9.17) is 9.97 Å². The Morgan fingerprint density at radius 2 is 0.914 bits per heavy atom. The van der Waals surface area contributed by atoms with E-state index in [9.17, 15) is 5.26 Å². The van der Waals surface area contributed by atoms with Crippen LogP contribution in [-0.4, -0.2) is 9.97 Å². The quantitative estimate of drug-likeness (QED) is 0.175. The fourth-order valence-corrected chi connectivity index (χ4v) is 10.3. The van der Waals surface area contributed by atoms with Gasteiger partial charge in [-0.2, -0.15) is 5.26 Å². The van der Waals surface area contributed by atoms with Crippen molar-refractivity contribution in [1.82, 2.24) is 9.97 Å². The van der Waals surface area contributed by atoms with Crippen LogP contribution in [0, 0.1) is 11.3 Å². The van der Waals surface area contributed by atoms with Crippen molar-refractivity contribution in [2.45, 2.75) is 15.2 Å². The van der Waals surface area contributed by atoms with E-state index in [2.05, 4.69) is 158 Å². The summed E-state index contributed by atoms with van der Waals surface area (Å²) >= 11 is 1.83. The maximum Gasteiger partial charge on any atom is 0.160 e. The molecule has 3 nitrogen and oxygen atoms in total. The van der Waals surface area contributed by atoms with Gasteiger partial charge in [0.1, 0.15) is 0 Å². The molecule has 58 heavy (non-hydrogen) atoms. The molecule has 0 radical (unpaired) electrons. The van der Waals surface area contributed by atoms with Crippen LogP contribution in [0.3, 0.4) is 0 Å². The van der Waals surface area contributed by atoms with Crippen LogP contribution >= 0.6 is 11.8 Å². The van der Waals surface area contributed by atoms with Crippen molar-refractivity contribution in [3.05, 3.63) is 228 Å². The number of hydrogen-bond donors (Lipinski definition) is 0. The van der Waals surface area contributed by atoms with Crippen LogP contribution in [0.4, 0.5) is 0 Å². The molecule has 0 amide bonds. The molecule has 0 saturated carbocycles. The molecular formula is C54H33N3S. The topological polar surface area (TPSA) is 49.6 Å². The number of aromatic nitrogens is 2. The van der Waals surface area contributed by atoms with Gasteiger partial charge in [0.05, 0.1) is 28.4 Å². The van der Waals surface area contributed by atoms with Gasteiger partial charge in [-0.3, -0.25) is 0 Å². The molecule has 1 aliphatic heterocycles. The second kappa shape index (κ2) is 13.7. The SMILES string of the molecule is N#Cc1cccc2c1-c1c(-c3ccc(-c4cccc(-c5cc(-c6ccccc6)nc(-c6ccccc6)n5)c4)cc3)cccc1C21c2ccccc2Sc2ccccc21. The fourth-order valence-electron chi connectivity index (χ4n) is 9.09. The largest absolute Gasteiger partial charge is 0.228 e. The van der Waals surface area contributed by atoms with Crippen LogP contribution in [-0.2, 0) is 5.41 Å². The molecule has 0 atom stereocenters. The minimum Gasteiger partial charge on any atom is -0.228 e. The summed E-state index contributed by atoms with van der Waals surface area (Å²) in [6.07, 6.45) is 0. The second-order valence-electron chi connectivity index (χ2n) is 14.8. The van der Waals surface area contributed by atoms with Crippen LogP contribution in [0.5, 0.6) is 0 Å². The van der Waals surface area contributed by atoms with E-state index < -0.39 is 5.41 Å². The van der Waals surface area contributed by atoms with Gasteiger partial charge in [0, 0.05) is 32.0 Å². The monoisotopic (exact) mass is 755 g/mol. The Labute approximate surface area is 342 Å². The Kier molecular flexibility index (Phi) is 8.03. The summed E-state index contributed by atoms with van der Waals surface area (Å²) in [6, 6.07) is 73.1. The van der Waals surface area contributed by atoms with Gasteiger partial charge in [-0.25, -0.2) is 9.97 Å². The summed E-state index contributed by atoms with van der Waals surface area (Å²) in [4.78, 5) is 12.6. The van der Waals surface area contributed by atoms with Crippen LogP contribution < -0.4 is 0 Å². The summed E-state index contributed by atoms with van der Waals surface area (Å²) in [6.45, 7) is 0. The van der Waals surface area contributed by atoms with Gasteiger partial charge >= 0.3 is 0 Å². The average Bonchev–Trinajstić information content (AvgIpc) is 3.60. The number of nitriles is 1. The van der Waals surface area contributed by atoms with E-state index in [1.54, 1.807) is 0 Å². The van der Waals surface area contributed by atoms with E-state index >= 15 is 0 Å². The number of hydrogen-bond acceptors (Lipinski definition) is 4. The molecule has 0 fully saturated rings. The highest BCUT2D eigenvalue weighted by Gasteiger charge is 2.51. The van der Waals surface area contributed by atoms with Crippen LogP contribution in [0.2, 0.25) is 0 Å². The first-order valence-corrected chi connectivity index (χ1v) is 20.3. The first kappa shape index (κ1) is 34.0. The lowest BCUT2D eigenvalue weighted by Gasteiger charge is -2.39. The van der Waals surface area contributed by atoms with Gasteiger partial charge in [-0.1, -0.05) is 182 Å². The minimum absolute atomic E-state index is 0.548. The molecule has 2 heterocycles. The van der Waals surface area contributed by atoms with E-state index in [1.807, 2.05) is 60.3 Å². The molecule has 9 aromatic rings. The third-order valence-corrected chi connectivity index (χ3v) is 12.8. The van der Waals surface area contributed by atoms with Crippen molar-refractivity contribution >= 4 is 11.8 Å². The summed E-state index contributed by atoms with van der Waals surface area (Å²) in [5, 5.41) is 10.6. The van der Waals surface area contributed by atoms with Crippen LogP contribution in [0.1, 0.15) is 27.8 Å².